The SMILES string of the molecule is CCN(CC)C(=O)c1ccc(N2CCC(CCCN(C)C(=O)C(C)C(F)(F)F)CC2)cc1Cl. The lowest BCUT2D eigenvalue weighted by Crippen LogP contribution is -2.39. The summed E-state index contributed by atoms with van der Waals surface area (Å²) in [6.07, 6.45) is -1.00. The maximum atomic E-state index is 12.7. The van der Waals surface area contributed by atoms with Gasteiger partial charge in [0.15, 0.2) is 0 Å². The lowest BCUT2D eigenvalue weighted by molar-refractivity contribution is -0.184. The lowest BCUT2D eigenvalue weighted by atomic mass is 9.91. The normalized spacial score (nSPS) is 15.9. The summed E-state index contributed by atoms with van der Waals surface area (Å²) < 4.78 is 38.2. The van der Waals surface area contributed by atoms with Crippen LogP contribution < -0.4 is 4.90 Å². The second kappa shape index (κ2) is 12.0. The molecular weight excluding hydrogens is 455 g/mol. The third-order valence-electron chi connectivity index (χ3n) is 6.56. The van der Waals surface area contributed by atoms with E-state index in [1.807, 2.05) is 26.0 Å². The third kappa shape index (κ3) is 7.26. The molecule has 2 amide bonds. The Hall–Kier alpha value is -1.96. The Bertz CT molecular complexity index is 807. The van der Waals surface area contributed by atoms with Gasteiger partial charge in [0.2, 0.25) is 5.91 Å². The Morgan fingerprint density at radius 3 is 2.30 bits per heavy atom. The quantitative estimate of drug-likeness (QED) is 0.461. The van der Waals surface area contributed by atoms with Gasteiger partial charge < -0.3 is 14.7 Å². The molecule has 1 saturated heterocycles. The minimum absolute atomic E-state index is 0.0664. The minimum atomic E-state index is -4.50. The van der Waals surface area contributed by atoms with Crippen molar-refractivity contribution in [3.8, 4) is 0 Å². The lowest BCUT2D eigenvalue weighted by Gasteiger charge is -2.34. The predicted octanol–water partition coefficient (Wildman–Crippen LogP) is 5.48. The molecule has 1 atom stereocenters. The van der Waals surface area contributed by atoms with Crippen LogP contribution in [0, 0.1) is 11.8 Å². The summed E-state index contributed by atoms with van der Waals surface area (Å²) in [5.41, 5.74) is 1.50. The summed E-state index contributed by atoms with van der Waals surface area (Å²) in [7, 11) is 1.44. The minimum Gasteiger partial charge on any atom is -0.371 e. The second-order valence-corrected chi connectivity index (χ2v) is 9.14. The second-order valence-electron chi connectivity index (χ2n) is 8.74. The Morgan fingerprint density at radius 1 is 1.18 bits per heavy atom. The fourth-order valence-electron chi connectivity index (χ4n) is 4.23. The van der Waals surface area contributed by atoms with Crippen molar-refractivity contribution in [2.24, 2.45) is 11.8 Å². The van der Waals surface area contributed by atoms with E-state index in [4.69, 9.17) is 11.6 Å². The number of halogens is 4. The summed E-state index contributed by atoms with van der Waals surface area (Å²) in [5, 5.41) is 0.451. The van der Waals surface area contributed by atoms with Gasteiger partial charge in [0, 0.05) is 45.5 Å². The standard InChI is InChI=1S/C24H35ClF3N3O2/c1-5-30(6-2)23(33)20-10-9-19(16-21(20)25)31-14-11-18(12-15-31)8-7-13-29(4)22(32)17(3)24(26,27)28/h9-10,16-18H,5-8,11-15H2,1-4H3. The molecule has 1 aliphatic rings. The van der Waals surface area contributed by atoms with Crippen LogP contribution in [0.25, 0.3) is 0 Å². The number of amides is 2. The summed E-state index contributed by atoms with van der Waals surface area (Å²) in [6, 6.07) is 5.57. The first kappa shape index (κ1) is 27.3. The van der Waals surface area contributed by atoms with Crippen LogP contribution in [0.1, 0.15) is 56.8 Å². The zero-order valence-corrected chi connectivity index (χ0v) is 20.7. The maximum Gasteiger partial charge on any atom is 0.400 e. The number of hydrogen-bond acceptors (Lipinski definition) is 3. The first-order valence-electron chi connectivity index (χ1n) is 11.6. The first-order valence-corrected chi connectivity index (χ1v) is 12.0. The van der Waals surface area contributed by atoms with E-state index in [-0.39, 0.29) is 5.91 Å². The summed E-state index contributed by atoms with van der Waals surface area (Å²) in [5.74, 6) is -2.43. The number of benzene rings is 1. The molecule has 1 aliphatic heterocycles. The zero-order chi connectivity index (χ0) is 24.8. The van der Waals surface area contributed by atoms with Gasteiger partial charge in [-0.2, -0.15) is 13.2 Å². The molecule has 1 heterocycles. The van der Waals surface area contributed by atoms with Crippen molar-refractivity contribution in [3.63, 3.8) is 0 Å². The van der Waals surface area contributed by atoms with E-state index in [2.05, 4.69) is 4.90 Å². The van der Waals surface area contributed by atoms with Crippen LogP contribution in [-0.4, -0.2) is 67.6 Å². The van der Waals surface area contributed by atoms with Crippen molar-refractivity contribution in [1.29, 1.82) is 0 Å². The number of carbonyl (C=O) groups excluding carboxylic acids is 2. The number of carbonyl (C=O) groups is 2. The number of nitrogens with zero attached hydrogens (tertiary/aromatic N) is 3. The predicted molar refractivity (Wildman–Crippen MR) is 126 cm³/mol. The van der Waals surface area contributed by atoms with Gasteiger partial charge in [-0.25, -0.2) is 0 Å². The molecule has 1 fully saturated rings. The summed E-state index contributed by atoms with van der Waals surface area (Å²) >= 11 is 6.43. The zero-order valence-electron chi connectivity index (χ0n) is 19.9. The van der Waals surface area contributed by atoms with Gasteiger partial charge in [0.1, 0.15) is 5.92 Å². The molecule has 5 nitrogen and oxygen atoms in total. The van der Waals surface area contributed by atoms with E-state index >= 15 is 0 Å². The highest BCUT2D eigenvalue weighted by atomic mass is 35.5. The van der Waals surface area contributed by atoms with Crippen LogP contribution in [0.2, 0.25) is 5.02 Å². The first-order chi connectivity index (χ1) is 15.5. The average molecular weight is 490 g/mol. The smallest absolute Gasteiger partial charge is 0.371 e. The average Bonchev–Trinajstić information content (AvgIpc) is 2.78. The van der Waals surface area contributed by atoms with Crippen molar-refractivity contribution >= 4 is 29.1 Å². The molecule has 0 bridgehead atoms. The molecule has 186 valence electrons. The molecule has 9 heteroatoms. The molecule has 2 rings (SSSR count). The van der Waals surface area contributed by atoms with E-state index in [1.165, 1.54) is 11.9 Å². The topological polar surface area (TPSA) is 43.9 Å². The van der Waals surface area contributed by atoms with Crippen molar-refractivity contribution in [2.75, 3.05) is 44.7 Å². The Labute approximate surface area is 199 Å². The van der Waals surface area contributed by atoms with Gasteiger partial charge in [-0.15, -0.1) is 0 Å². The van der Waals surface area contributed by atoms with Crippen LogP contribution >= 0.6 is 11.6 Å². The number of hydrogen-bond donors (Lipinski definition) is 0. The van der Waals surface area contributed by atoms with E-state index in [0.717, 1.165) is 45.0 Å². The largest absolute Gasteiger partial charge is 0.400 e. The highest BCUT2D eigenvalue weighted by molar-refractivity contribution is 6.34. The van der Waals surface area contributed by atoms with Gasteiger partial charge in [0.25, 0.3) is 5.91 Å². The number of piperidine rings is 1. The van der Waals surface area contributed by atoms with Crippen LogP contribution in [-0.2, 0) is 4.79 Å². The number of anilines is 1. The van der Waals surface area contributed by atoms with Crippen molar-refractivity contribution in [2.45, 2.75) is 52.6 Å². The van der Waals surface area contributed by atoms with Crippen LogP contribution in [0.5, 0.6) is 0 Å². The summed E-state index contributed by atoms with van der Waals surface area (Å²) in [6.45, 7) is 8.08. The molecule has 0 spiro atoms. The van der Waals surface area contributed by atoms with Crippen LogP contribution in [0.4, 0.5) is 18.9 Å². The Morgan fingerprint density at radius 2 is 1.79 bits per heavy atom. The molecule has 0 aliphatic carbocycles. The van der Waals surface area contributed by atoms with Gasteiger partial charge in [-0.05, 0) is 70.6 Å². The van der Waals surface area contributed by atoms with E-state index in [9.17, 15) is 22.8 Å². The van der Waals surface area contributed by atoms with E-state index < -0.39 is 18.0 Å². The fourth-order valence-corrected chi connectivity index (χ4v) is 4.49. The Balaban J connectivity index is 1.82. The highest BCUT2D eigenvalue weighted by Crippen LogP contribution is 2.30. The van der Waals surface area contributed by atoms with E-state index in [0.29, 0.717) is 42.6 Å². The van der Waals surface area contributed by atoms with Gasteiger partial charge >= 0.3 is 6.18 Å². The monoisotopic (exact) mass is 489 g/mol. The molecule has 1 aromatic carbocycles. The van der Waals surface area contributed by atoms with Crippen molar-refractivity contribution < 1.29 is 22.8 Å². The number of rotatable bonds is 9. The molecule has 1 unspecified atom stereocenters. The van der Waals surface area contributed by atoms with E-state index in [1.54, 1.807) is 11.0 Å². The molecular formula is C24H35ClF3N3O2. The molecule has 0 saturated carbocycles. The van der Waals surface area contributed by atoms with Crippen molar-refractivity contribution in [1.82, 2.24) is 9.80 Å². The molecule has 0 radical (unpaired) electrons. The van der Waals surface area contributed by atoms with Crippen LogP contribution in [0.3, 0.4) is 0 Å². The summed E-state index contributed by atoms with van der Waals surface area (Å²) in [4.78, 5) is 29.7. The Kier molecular flexibility index (Phi) is 9.88. The number of alkyl halides is 3. The highest BCUT2D eigenvalue weighted by Gasteiger charge is 2.42. The van der Waals surface area contributed by atoms with Gasteiger partial charge in [0.05, 0.1) is 10.6 Å². The molecule has 0 N–H and O–H groups in total. The van der Waals surface area contributed by atoms with Crippen LogP contribution in [0.15, 0.2) is 18.2 Å². The molecule has 1 aromatic rings. The fraction of sp³-hybridized carbons (Fsp3) is 0.667. The maximum absolute atomic E-state index is 12.7. The molecule has 33 heavy (non-hydrogen) atoms. The molecule has 0 aromatic heterocycles. The van der Waals surface area contributed by atoms with Gasteiger partial charge in [-0.3, -0.25) is 9.59 Å². The van der Waals surface area contributed by atoms with Gasteiger partial charge in [-0.1, -0.05) is 11.6 Å². The van der Waals surface area contributed by atoms with Crippen molar-refractivity contribution in [3.05, 3.63) is 28.8 Å². The third-order valence-corrected chi connectivity index (χ3v) is 6.87.